The Morgan fingerprint density at radius 2 is 0.773 bits per heavy atom. The highest BCUT2D eigenvalue weighted by molar-refractivity contribution is 6.27. The molecule has 2 aromatic heterocycles. The van der Waals surface area contributed by atoms with Crippen LogP contribution < -0.4 is 0 Å². The van der Waals surface area contributed by atoms with Gasteiger partial charge >= 0.3 is 0 Å². The van der Waals surface area contributed by atoms with Crippen LogP contribution in [0.5, 0.6) is 0 Å². The maximum absolute atomic E-state index is 9.27. The van der Waals surface area contributed by atoms with E-state index in [-0.39, 0.29) is 0 Å². The number of aromatic nitrogens is 2. The zero-order valence-electron chi connectivity index (χ0n) is 23.5. The molecule has 0 bridgehead atoms. The Labute approximate surface area is 254 Å². The van der Waals surface area contributed by atoms with E-state index in [1.54, 1.807) is 24.8 Å². The molecule has 0 aliphatic heterocycles. The van der Waals surface area contributed by atoms with E-state index in [1.807, 2.05) is 12.1 Å². The van der Waals surface area contributed by atoms with Crippen LogP contribution >= 0.6 is 0 Å². The Balaban J connectivity index is 1.23. The summed E-state index contributed by atoms with van der Waals surface area (Å²) in [5, 5.41) is 26.0. The highest BCUT2D eigenvalue weighted by atomic mass is 14.6. The number of nitrogens with zero attached hydrogens (tertiary/aromatic N) is 4. The van der Waals surface area contributed by atoms with Gasteiger partial charge in [-0.1, -0.05) is 97.1 Å². The second-order valence-electron chi connectivity index (χ2n) is 11.0. The van der Waals surface area contributed by atoms with Crippen LogP contribution in [0.2, 0.25) is 0 Å². The molecule has 0 unspecified atom stereocenters. The minimum absolute atomic E-state index is 0.552. The highest BCUT2D eigenvalue weighted by Gasteiger charge is 2.15. The van der Waals surface area contributed by atoms with Crippen molar-refractivity contribution >= 4 is 32.3 Å². The predicted octanol–water partition coefficient (Wildman–Crippen LogP) is 9.79. The van der Waals surface area contributed by atoms with E-state index in [4.69, 9.17) is 0 Å². The van der Waals surface area contributed by atoms with Gasteiger partial charge in [-0.05, 0) is 77.8 Å². The predicted molar refractivity (Wildman–Crippen MR) is 177 cm³/mol. The summed E-state index contributed by atoms with van der Waals surface area (Å²) in [6.45, 7) is 0. The minimum Gasteiger partial charge on any atom is -0.263 e. The van der Waals surface area contributed by atoms with Crippen molar-refractivity contribution in [3.05, 3.63) is 145 Å². The minimum atomic E-state index is 0.552. The molecule has 0 fully saturated rings. The molecule has 0 aliphatic rings. The average molecular weight is 559 g/mol. The smallest absolute Gasteiger partial charge is 0.101 e. The van der Waals surface area contributed by atoms with Crippen LogP contribution in [-0.2, 0) is 0 Å². The summed E-state index contributed by atoms with van der Waals surface area (Å²) >= 11 is 0. The fourth-order valence-electron chi connectivity index (χ4n) is 6.31. The first kappa shape index (κ1) is 25.4. The molecule has 4 nitrogen and oxygen atoms in total. The van der Waals surface area contributed by atoms with E-state index < -0.39 is 0 Å². The molecule has 44 heavy (non-hydrogen) atoms. The summed E-state index contributed by atoms with van der Waals surface area (Å²) < 4.78 is 0. The van der Waals surface area contributed by atoms with E-state index in [0.717, 1.165) is 33.4 Å². The van der Waals surface area contributed by atoms with Crippen LogP contribution in [-0.4, -0.2) is 9.97 Å². The first-order valence-electron chi connectivity index (χ1n) is 14.3. The van der Waals surface area contributed by atoms with Crippen LogP contribution in [0.4, 0.5) is 0 Å². The first-order chi connectivity index (χ1) is 21.7. The summed E-state index contributed by atoms with van der Waals surface area (Å²) in [7, 11) is 0. The zero-order valence-corrected chi connectivity index (χ0v) is 23.5. The van der Waals surface area contributed by atoms with Gasteiger partial charge in [-0.15, -0.1) is 0 Å². The van der Waals surface area contributed by atoms with Crippen LogP contribution in [0.25, 0.3) is 76.8 Å². The quantitative estimate of drug-likeness (QED) is 0.202. The van der Waals surface area contributed by atoms with Gasteiger partial charge in [0, 0.05) is 35.9 Å². The molecule has 0 aliphatic carbocycles. The maximum atomic E-state index is 9.27. The Kier molecular flexibility index (Phi) is 5.86. The zero-order chi connectivity index (χ0) is 29.6. The van der Waals surface area contributed by atoms with Gasteiger partial charge in [-0.2, -0.15) is 10.5 Å². The van der Waals surface area contributed by atoms with Crippen molar-refractivity contribution in [3.8, 4) is 56.6 Å². The molecular weight excluding hydrogens is 536 g/mol. The summed E-state index contributed by atoms with van der Waals surface area (Å²) in [6, 6.07) is 42.9. The Bertz CT molecular complexity index is 2270. The van der Waals surface area contributed by atoms with Gasteiger partial charge in [0.05, 0.1) is 11.1 Å². The van der Waals surface area contributed by atoms with Gasteiger partial charge in [-0.3, -0.25) is 9.97 Å². The summed E-state index contributed by atoms with van der Waals surface area (Å²) in [5.74, 6) is 0. The van der Waals surface area contributed by atoms with Crippen LogP contribution in [0, 0.1) is 22.7 Å². The van der Waals surface area contributed by atoms with E-state index in [1.165, 1.54) is 43.4 Å². The SMILES string of the molecule is N#Cc1cncc(-c2ccc(-c3ccc4ccc5c(-c6ccc(-c7cncc(C#N)c7)cc6)ccc6ccc3c4c65)cc2)c1. The lowest BCUT2D eigenvalue weighted by Crippen LogP contribution is -1.90. The van der Waals surface area contributed by atoms with Crippen LogP contribution in [0.15, 0.2) is 134 Å². The Hall–Kier alpha value is -6.36. The van der Waals surface area contributed by atoms with E-state index in [2.05, 4.69) is 119 Å². The molecule has 0 radical (unpaired) electrons. The molecule has 6 aromatic carbocycles. The monoisotopic (exact) mass is 558 g/mol. The lowest BCUT2D eigenvalue weighted by atomic mass is 9.87. The van der Waals surface area contributed by atoms with Crippen LogP contribution in [0.3, 0.4) is 0 Å². The molecule has 0 spiro atoms. The molecular formula is C40H22N4. The topological polar surface area (TPSA) is 73.4 Å². The van der Waals surface area contributed by atoms with Crippen molar-refractivity contribution in [3.63, 3.8) is 0 Å². The van der Waals surface area contributed by atoms with E-state index in [0.29, 0.717) is 11.1 Å². The number of rotatable bonds is 4. The third kappa shape index (κ3) is 4.14. The maximum Gasteiger partial charge on any atom is 0.101 e. The third-order valence-electron chi connectivity index (χ3n) is 8.46. The largest absolute Gasteiger partial charge is 0.263 e. The van der Waals surface area contributed by atoms with Crippen molar-refractivity contribution < 1.29 is 0 Å². The van der Waals surface area contributed by atoms with Crippen molar-refractivity contribution in [2.24, 2.45) is 0 Å². The van der Waals surface area contributed by atoms with Crippen molar-refractivity contribution in [2.75, 3.05) is 0 Å². The molecule has 0 amide bonds. The molecule has 202 valence electrons. The molecule has 0 saturated carbocycles. The summed E-state index contributed by atoms with van der Waals surface area (Å²) in [4.78, 5) is 8.44. The molecule has 0 saturated heterocycles. The van der Waals surface area contributed by atoms with Gasteiger partial charge in [0.25, 0.3) is 0 Å². The van der Waals surface area contributed by atoms with E-state index in [9.17, 15) is 10.5 Å². The lowest BCUT2D eigenvalue weighted by Gasteiger charge is -2.17. The number of nitriles is 2. The number of hydrogen-bond acceptors (Lipinski definition) is 4. The second-order valence-corrected chi connectivity index (χ2v) is 11.0. The fourth-order valence-corrected chi connectivity index (χ4v) is 6.31. The Morgan fingerprint density at radius 1 is 0.386 bits per heavy atom. The highest BCUT2D eigenvalue weighted by Crippen LogP contribution is 2.42. The average Bonchev–Trinajstić information content (AvgIpc) is 3.10. The number of pyridine rings is 2. The number of hydrogen-bond donors (Lipinski definition) is 0. The normalized spacial score (nSPS) is 11.1. The van der Waals surface area contributed by atoms with Gasteiger partial charge in [0.15, 0.2) is 0 Å². The summed E-state index contributed by atoms with van der Waals surface area (Å²) in [6.07, 6.45) is 6.75. The molecule has 0 N–H and O–H groups in total. The third-order valence-corrected chi connectivity index (χ3v) is 8.46. The lowest BCUT2D eigenvalue weighted by molar-refractivity contribution is 1.30. The molecule has 2 heterocycles. The van der Waals surface area contributed by atoms with Gasteiger partial charge in [0.2, 0.25) is 0 Å². The van der Waals surface area contributed by atoms with Crippen molar-refractivity contribution in [2.45, 2.75) is 0 Å². The first-order valence-corrected chi connectivity index (χ1v) is 14.3. The molecule has 8 rings (SSSR count). The number of benzene rings is 6. The van der Waals surface area contributed by atoms with Gasteiger partial charge < -0.3 is 0 Å². The molecule has 8 aromatic rings. The van der Waals surface area contributed by atoms with Gasteiger partial charge in [-0.25, -0.2) is 0 Å². The van der Waals surface area contributed by atoms with Crippen molar-refractivity contribution in [1.82, 2.24) is 9.97 Å². The fraction of sp³-hybridized carbons (Fsp3) is 0. The van der Waals surface area contributed by atoms with Gasteiger partial charge in [0.1, 0.15) is 12.1 Å². The molecule has 4 heteroatoms. The van der Waals surface area contributed by atoms with Crippen LogP contribution in [0.1, 0.15) is 11.1 Å². The summed E-state index contributed by atoms with van der Waals surface area (Å²) in [5.41, 5.74) is 9.67. The Morgan fingerprint density at radius 3 is 1.18 bits per heavy atom. The van der Waals surface area contributed by atoms with Crippen molar-refractivity contribution in [1.29, 1.82) is 10.5 Å². The molecule has 0 atom stereocenters. The standard InChI is InChI=1S/C40H22N4/c41-19-25-17-33(23-43-21-25)27-1-5-29(6-2-27)35-13-9-31-12-16-38-36(14-10-32-11-15-37(35)39(31)40(32)38)30-7-3-28(4-8-30)34-18-26(20-42)22-44-24-34/h1-18,21-24H. The van der Waals surface area contributed by atoms with E-state index >= 15 is 0 Å². The second kappa shape index (κ2) is 10.2.